The van der Waals surface area contributed by atoms with Crippen LogP contribution in [0.25, 0.3) is 10.9 Å². The van der Waals surface area contributed by atoms with Crippen molar-refractivity contribution in [3.63, 3.8) is 0 Å². The Bertz CT molecular complexity index is 1170. The van der Waals surface area contributed by atoms with Crippen LogP contribution in [0.4, 0.5) is 5.69 Å². The molecule has 0 spiro atoms. The zero-order valence-corrected chi connectivity index (χ0v) is 17.9. The predicted molar refractivity (Wildman–Crippen MR) is 125 cm³/mol. The first-order chi connectivity index (χ1) is 14.6. The maximum Gasteiger partial charge on any atom is 0.234 e. The number of hydrogen-bond donors (Lipinski definition) is 1. The van der Waals surface area contributed by atoms with Gasteiger partial charge in [-0.25, -0.2) is 0 Å². The normalized spacial score (nSPS) is 10.9. The van der Waals surface area contributed by atoms with Gasteiger partial charge in [0.25, 0.3) is 0 Å². The predicted octanol–water partition coefficient (Wildman–Crippen LogP) is 5.74. The fourth-order valence-electron chi connectivity index (χ4n) is 3.39. The molecule has 1 N–H and O–H groups in total. The van der Waals surface area contributed by atoms with E-state index in [1.165, 1.54) is 22.0 Å². The van der Waals surface area contributed by atoms with E-state index in [4.69, 9.17) is 4.74 Å². The second kappa shape index (κ2) is 9.09. The Labute approximate surface area is 180 Å². The van der Waals surface area contributed by atoms with Crippen molar-refractivity contribution in [1.82, 2.24) is 4.57 Å². The number of nitrogens with one attached hydrogen (secondary N) is 1. The molecule has 1 amide bonds. The third-order valence-corrected chi connectivity index (χ3v) is 5.98. The largest absolute Gasteiger partial charge is 0.497 e. The van der Waals surface area contributed by atoms with Crippen molar-refractivity contribution < 1.29 is 9.53 Å². The minimum atomic E-state index is -0.0383. The average molecular weight is 417 g/mol. The lowest BCUT2D eigenvalue weighted by atomic mass is 10.1. The van der Waals surface area contributed by atoms with E-state index in [0.717, 1.165) is 22.9 Å². The van der Waals surface area contributed by atoms with Crippen molar-refractivity contribution in [2.45, 2.75) is 18.4 Å². The summed E-state index contributed by atoms with van der Waals surface area (Å²) in [5, 5.41) is 4.11. The van der Waals surface area contributed by atoms with Gasteiger partial charge in [0.1, 0.15) is 5.75 Å². The van der Waals surface area contributed by atoms with E-state index in [9.17, 15) is 4.79 Å². The number of benzene rings is 3. The smallest absolute Gasteiger partial charge is 0.234 e. The molecule has 0 saturated carbocycles. The Morgan fingerprint density at radius 1 is 1.03 bits per heavy atom. The number of carbonyl (C=O) groups excluding carboxylic acids is 1. The maximum atomic E-state index is 12.5. The number of fused-ring (bicyclic) bond motifs is 1. The molecule has 0 aliphatic carbocycles. The van der Waals surface area contributed by atoms with Gasteiger partial charge in [-0.15, -0.1) is 11.8 Å². The summed E-state index contributed by atoms with van der Waals surface area (Å²) in [6.07, 6.45) is 2.15. The molecule has 4 rings (SSSR count). The molecule has 0 radical (unpaired) electrons. The molecule has 30 heavy (non-hydrogen) atoms. The Morgan fingerprint density at radius 2 is 1.83 bits per heavy atom. The number of thioether (sulfide) groups is 1. The molecule has 152 valence electrons. The maximum absolute atomic E-state index is 12.5. The highest BCUT2D eigenvalue weighted by atomic mass is 32.2. The molecule has 0 bridgehead atoms. The zero-order chi connectivity index (χ0) is 20.9. The monoisotopic (exact) mass is 416 g/mol. The SMILES string of the molecule is COc1cccc(NC(=O)CSc2cn(Cc3ccc(C)cc3)c3ccccc23)c1. The lowest BCUT2D eigenvalue weighted by Gasteiger charge is -2.06. The number of nitrogens with zero attached hydrogens (tertiary/aromatic N) is 1. The topological polar surface area (TPSA) is 43.3 Å². The van der Waals surface area contributed by atoms with Crippen molar-refractivity contribution in [2.24, 2.45) is 0 Å². The van der Waals surface area contributed by atoms with E-state index >= 15 is 0 Å². The summed E-state index contributed by atoms with van der Waals surface area (Å²) in [6.45, 7) is 2.90. The number of aromatic nitrogens is 1. The Morgan fingerprint density at radius 3 is 2.63 bits per heavy atom. The first-order valence-electron chi connectivity index (χ1n) is 9.82. The second-order valence-corrected chi connectivity index (χ2v) is 8.21. The summed E-state index contributed by atoms with van der Waals surface area (Å²) in [5.74, 6) is 1.03. The van der Waals surface area contributed by atoms with Gasteiger partial charge in [-0.05, 0) is 30.7 Å². The standard InChI is InChI=1S/C25H24N2O2S/c1-18-10-12-19(13-11-18)15-27-16-24(22-8-3-4-9-23(22)27)30-17-25(28)26-20-6-5-7-21(14-20)29-2/h3-14,16H,15,17H2,1-2H3,(H,26,28). The van der Waals surface area contributed by atoms with Crippen LogP contribution in [-0.4, -0.2) is 23.3 Å². The fourth-order valence-corrected chi connectivity index (χ4v) is 4.28. The first kappa shape index (κ1) is 20.1. The number of carbonyl (C=O) groups is 1. The number of hydrogen-bond acceptors (Lipinski definition) is 3. The zero-order valence-electron chi connectivity index (χ0n) is 17.1. The average Bonchev–Trinajstić information content (AvgIpc) is 3.11. The van der Waals surface area contributed by atoms with E-state index in [2.05, 4.69) is 65.5 Å². The van der Waals surface area contributed by atoms with Gasteiger partial charge in [0.15, 0.2) is 0 Å². The molecular formula is C25H24N2O2S. The number of amides is 1. The number of rotatable bonds is 7. The number of anilines is 1. The summed E-state index contributed by atoms with van der Waals surface area (Å²) in [4.78, 5) is 13.6. The molecule has 0 saturated heterocycles. The van der Waals surface area contributed by atoms with Gasteiger partial charge < -0.3 is 14.6 Å². The minimum absolute atomic E-state index is 0.0383. The van der Waals surface area contributed by atoms with Gasteiger partial charge in [0.2, 0.25) is 5.91 Å². The summed E-state index contributed by atoms with van der Waals surface area (Å²) in [5.41, 5.74) is 4.43. The third kappa shape index (κ3) is 4.69. The highest BCUT2D eigenvalue weighted by Crippen LogP contribution is 2.30. The van der Waals surface area contributed by atoms with Crippen LogP contribution in [0.15, 0.2) is 83.9 Å². The number of aryl methyl sites for hydroxylation is 1. The Hall–Kier alpha value is -3.18. The number of methoxy groups -OCH3 is 1. The van der Waals surface area contributed by atoms with E-state index in [1.807, 2.05) is 30.3 Å². The van der Waals surface area contributed by atoms with Crippen molar-refractivity contribution in [1.29, 1.82) is 0 Å². The molecule has 5 heteroatoms. The molecule has 0 fully saturated rings. The lowest BCUT2D eigenvalue weighted by molar-refractivity contribution is -0.113. The van der Waals surface area contributed by atoms with Crippen molar-refractivity contribution in [2.75, 3.05) is 18.2 Å². The van der Waals surface area contributed by atoms with Crippen LogP contribution in [-0.2, 0) is 11.3 Å². The van der Waals surface area contributed by atoms with E-state index in [0.29, 0.717) is 5.75 Å². The summed E-state index contributed by atoms with van der Waals surface area (Å²) in [6, 6.07) is 24.3. The van der Waals surface area contributed by atoms with E-state index in [1.54, 1.807) is 18.9 Å². The molecule has 0 unspecified atom stereocenters. The molecule has 0 atom stereocenters. The number of para-hydroxylation sites is 1. The third-order valence-electron chi connectivity index (χ3n) is 4.94. The van der Waals surface area contributed by atoms with Crippen LogP contribution in [0.3, 0.4) is 0 Å². The minimum Gasteiger partial charge on any atom is -0.497 e. The molecule has 1 heterocycles. The lowest BCUT2D eigenvalue weighted by Crippen LogP contribution is -2.13. The van der Waals surface area contributed by atoms with Gasteiger partial charge in [-0.2, -0.15) is 0 Å². The molecule has 1 aromatic heterocycles. The van der Waals surface area contributed by atoms with E-state index in [-0.39, 0.29) is 5.91 Å². The molecule has 4 nitrogen and oxygen atoms in total. The van der Waals surface area contributed by atoms with Crippen LogP contribution in [0.2, 0.25) is 0 Å². The van der Waals surface area contributed by atoms with Crippen molar-refractivity contribution >= 4 is 34.3 Å². The van der Waals surface area contributed by atoms with Gasteiger partial charge >= 0.3 is 0 Å². The van der Waals surface area contributed by atoms with Crippen LogP contribution >= 0.6 is 11.8 Å². The van der Waals surface area contributed by atoms with Gasteiger partial charge in [0, 0.05) is 40.3 Å². The summed E-state index contributed by atoms with van der Waals surface area (Å²) >= 11 is 1.56. The molecule has 3 aromatic carbocycles. The van der Waals surface area contributed by atoms with Gasteiger partial charge in [0.05, 0.1) is 12.9 Å². The first-order valence-corrected chi connectivity index (χ1v) is 10.8. The highest BCUT2D eigenvalue weighted by molar-refractivity contribution is 8.00. The fraction of sp³-hybridized carbons (Fsp3) is 0.160. The van der Waals surface area contributed by atoms with E-state index < -0.39 is 0 Å². The van der Waals surface area contributed by atoms with Crippen LogP contribution < -0.4 is 10.1 Å². The van der Waals surface area contributed by atoms with Crippen LogP contribution in [0.1, 0.15) is 11.1 Å². The Balaban J connectivity index is 1.48. The van der Waals surface area contributed by atoms with Crippen LogP contribution in [0.5, 0.6) is 5.75 Å². The van der Waals surface area contributed by atoms with Crippen LogP contribution in [0, 0.1) is 6.92 Å². The summed E-state index contributed by atoms with van der Waals surface area (Å²) < 4.78 is 7.46. The van der Waals surface area contributed by atoms with Crippen molar-refractivity contribution in [3.05, 3.63) is 90.1 Å². The van der Waals surface area contributed by atoms with Crippen molar-refractivity contribution in [3.8, 4) is 5.75 Å². The summed E-state index contributed by atoms with van der Waals surface area (Å²) in [7, 11) is 1.61. The second-order valence-electron chi connectivity index (χ2n) is 7.19. The quantitative estimate of drug-likeness (QED) is 0.391. The Kier molecular flexibility index (Phi) is 6.10. The number of ether oxygens (including phenoxy) is 1. The van der Waals surface area contributed by atoms with Gasteiger partial charge in [-0.1, -0.05) is 54.1 Å². The van der Waals surface area contributed by atoms with Gasteiger partial charge in [-0.3, -0.25) is 4.79 Å². The molecular weight excluding hydrogens is 392 g/mol. The molecule has 0 aliphatic heterocycles. The molecule has 0 aliphatic rings. The highest BCUT2D eigenvalue weighted by Gasteiger charge is 2.11. The molecule has 4 aromatic rings.